The quantitative estimate of drug-likeness (QED) is 0.750. The van der Waals surface area contributed by atoms with E-state index in [0.717, 1.165) is 51.4 Å². The average molecular weight is 380 g/mol. The zero-order chi connectivity index (χ0) is 15.6. The van der Waals surface area contributed by atoms with Crippen molar-refractivity contribution in [2.75, 3.05) is 18.6 Å². The minimum Gasteiger partial charge on any atom is -0.496 e. The van der Waals surface area contributed by atoms with Gasteiger partial charge in [0.1, 0.15) is 5.75 Å². The van der Waals surface area contributed by atoms with Crippen molar-refractivity contribution in [3.05, 3.63) is 46.9 Å². The van der Waals surface area contributed by atoms with Gasteiger partial charge in [0.25, 0.3) is 0 Å². The first-order valence-corrected chi connectivity index (χ1v) is 9.91. The van der Waals surface area contributed by atoms with Crippen LogP contribution in [0.5, 0.6) is 5.75 Å². The van der Waals surface area contributed by atoms with Gasteiger partial charge in [-0.3, -0.25) is 0 Å². The smallest absolute Gasteiger partial charge is 0.133 e. The highest BCUT2D eigenvalue weighted by Crippen LogP contribution is 2.31. The summed E-state index contributed by atoms with van der Waals surface area (Å²) in [6.45, 7) is 0. The Balaban J connectivity index is 1.90. The molecule has 0 N–H and O–H groups in total. The number of hydrogen-bond acceptors (Lipinski definition) is 3. The molecule has 2 aromatic rings. The van der Waals surface area contributed by atoms with Crippen LogP contribution in [0, 0.1) is 0 Å². The minimum atomic E-state index is -2.00. The summed E-state index contributed by atoms with van der Waals surface area (Å²) in [5.41, 5.74) is 2.97. The van der Waals surface area contributed by atoms with Crippen molar-refractivity contribution in [1.29, 1.82) is 0 Å². The Morgan fingerprint density at radius 1 is 1.05 bits per heavy atom. The van der Waals surface area contributed by atoms with Crippen LogP contribution in [0.3, 0.4) is 0 Å². The lowest BCUT2D eigenvalue weighted by atomic mass is 10.1. The van der Waals surface area contributed by atoms with Gasteiger partial charge in [-0.05, 0) is 64.2 Å². The largest absolute Gasteiger partial charge is 0.496 e. The molecule has 3 rings (SSSR count). The summed E-state index contributed by atoms with van der Waals surface area (Å²) in [6, 6.07) is 13.9. The topological polar surface area (TPSA) is 38.7 Å². The molecule has 0 spiro atoms. The predicted octanol–water partition coefficient (Wildman–Crippen LogP) is 5.02. The molecule has 0 atom stereocenters. The van der Waals surface area contributed by atoms with Crippen molar-refractivity contribution in [3.8, 4) is 16.9 Å². The van der Waals surface area contributed by atoms with Crippen LogP contribution in [-0.2, 0) is 9.73 Å². The highest BCUT2D eigenvalue weighted by molar-refractivity contribution is 9.10. The lowest BCUT2D eigenvalue weighted by Crippen LogP contribution is -1.99. The number of benzene rings is 2. The van der Waals surface area contributed by atoms with E-state index < -0.39 is 9.73 Å². The molecule has 0 bridgehead atoms. The fourth-order valence-corrected chi connectivity index (χ4v) is 5.21. The van der Waals surface area contributed by atoms with Crippen LogP contribution >= 0.6 is 15.9 Å². The second-order valence-electron chi connectivity index (χ2n) is 5.38. The number of rotatable bonds is 3. The van der Waals surface area contributed by atoms with Gasteiger partial charge in [0, 0.05) is 11.5 Å². The summed E-state index contributed by atoms with van der Waals surface area (Å²) in [5, 5.41) is 0. The molecule has 1 saturated heterocycles. The summed E-state index contributed by atoms with van der Waals surface area (Å²) in [5.74, 6) is 2.28. The van der Waals surface area contributed by atoms with Gasteiger partial charge in [-0.15, -0.1) is 0 Å². The highest BCUT2D eigenvalue weighted by atomic mass is 79.9. The second kappa shape index (κ2) is 6.42. The fourth-order valence-electron chi connectivity index (χ4n) is 2.59. The molecule has 1 heterocycles. The first-order chi connectivity index (χ1) is 10.6. The van der Waals surface area contributed by atoms with Crippen LogP contribution in [0.25, 0.3) is 11.1 Å². The minimum absolute atomic E-state index is 0.735. The van der Waals surface area contributed by atoms with E-state index in [-0.39, 0.29) is 0 Å². The van der Waals surface area contributed by atoms with E-state index in [1.54, 1.807) is 7.11 Å². The summed E-state index contributed by atoms with van der Waals surface area (Å²) in [6.07, 6.45) is 2.05. The Morgan fingerprint density at radius 3 is 2.32 bits per heavy atom. The zero-order valence-electron chi connectivity index (χ0n) is 12.4. The molecule has 1 aliphatic rings. The normalized spacial score (nSPS) is 16.5. The summed E-state index contributed by atoms with van der Waals surface area (Å²) >= 11 is 3.46. The van der Waals surface area contributed by atoms with Crippen molar-refractivity contribution in [2.24, 2.45) is 4.36 Å². The van der Waals surface area contributed by atoms with Crippen LogP contribution in [0.2, 0.25) is 0 Å². The van der Waals surface area contributed by atoms with Gasteiger partial charge in [-0.2, -0.15) is 4.36 Å². The number of halogens is 1. The van der Waals surface area contributed by atoms with Gasteiger partial charge in [-0.1, -0.05) is 18.2 Å². The highest BCUT2D eigenvalue weighted by Gasteiger charge is 2.16. The molecule has 5 heteroatoms. The lowest BCUT2D eigenvalue weighted by Gasteiger charge is -2.07. The van der Waals surface area contributed by atoms with Gasteiger partial charge in [-0.25, -0.2) is 4.21 Å². The van der Waals surface area contributed by atoms with E-state index in [9.17, 15) is 4.21 Å². The van der Waals surface area contributed by atoms with Gasteiger partial charge in [0.2, 0.25) is 0 Å². The van der Waals surface area contributed by atoms with Crippen molar-refractivity contribution >= 4 is 31.3 Å². The number of ether oxygens (including phenoxy) is 1. The van der Waals surface area contributed by atoms with Crippen molar-refractivity contribution in [1.82, 2.24) is 0 Å². The molecule has 116 valence electrons. The van der Waals surface area contributed by atoms with E-state index >= 15 is 0 Å². The Morgan fingerprint density at radius 2 is 1.68 bits per heavy atom. The molecule has 1 fully saturated rings. The molecule has 3 nitrogen and oxygen atoms in total. The molecule has 2 aromatic carbocycles. The van der Waals surface area contributed by atoms with Crippen LogP contribution in [-0.4, -0.2) is 22.8 Å². The first kappa shape index (κ1) is 15.6. The first-order valence-electron chi connectivity index (χ1n) is 7.26. The number of methoxy groups -OCH3 is 1. The van der Waals surface area contributed by atoms with Crippen LogP contribution in [0.4, 0.5) is 5.69 Å². The SMILES string of the molecule is COc1cc(-c2ccc(N=S3(=O)CCCC3)cc2)ccc1Br. The number of hydrogen-bond donors (Lipinski definition) is 0. The van der Waals surface area contributed by atoms with E-state index in [2.05, 4.69) is 20.3 Å². The van der Waals surface area contributed by atoms with Crippen LogP contribution < -0.4 is 4.74 Å². The Labute approximate surface area is 140 Å². The standard InChI is InChI=1S/C17H18BrNO2S/c1-21-17-12-14(6-9-16(17)18)13-4-7-15(8-5-13)19-22(20)10-2-3-11-22/h4-9,12H,2-3,10-11H2,1H3. The van der Waals surface area contributed by atoms with Gasteiger partial charge >= 0.3 is 0 Å². The summed E-state index contributed by atoms with van der Waals surface area (Å²) in [4.78, 5) is 0. The molecule has 0 saturated carbocycles. The van der Waals surface area contributed by atoms with Gasteiger partial charge in [0.05, 0.1) is 27.0 Å². The predicted molar refractivity (Wildman–Crippen MR) is 95.3 cm³/mol. The third-order valence-electron chi connectivity index (χ3n) is 3.80. The number of nitrogens with zero attached hydrogens (tertiary/aromatic N) is 1. The molecule has 0 aliphatic carbocycles. The van der Waals surface area contributed by atoms with Crippen LogP contribution in [0.15, 0.2) is 51.3 Å². The fraction of sp³-hybridized carbons (Fsp3) is 0.294. The van der Waals surface area contributed by atoms with E-state index in [4.69, 9.17) is 4.74 Å². The van der Waals surface area contributed by atoms with Gasteiger partial charge in [0.15, 0.2) is 0 Å². The van der Waals surface area contributed by atoms with Gasteiger partial charge < -0.3 is 4.74 Å². The van der Waals surface area contributed by atoms with Crippen molar-refractivity contribution in [2.45, 2.75) is 12.8 Å². The van der Waals surface area contributed by atoms with Crippen molar-refractivity contribution < 1.29 is 8.95 Å². The maximum absolute atomic E-state index is 12.4. The van der Waals surface area contributed by atoms with Crippen molar-refractivity contribution in [3.63, 3.8) is 0 Å². The molecular formula is C17H18BrNO2S. The third kappa shape index (κ3) is 3.36. The lowest BCUT2D eigenvalue weighted by molar-refractivity contribution is 0.412. The monoisotopic (exact) mass is 379 g/mol. The maximum atomic E-state index is 12.4. The Bertz CT molecular complexity index is 781. The Kier molecular flexibility index (Phi) is 4.54. The average Bonchev–Trinajstić information content (AvgIpc) is 2.95. The molecular weight excluding hydrogens is 362 g/mol. The van der Waals surface area contributed by atoms with Crippen LogP contribution in [0.1, 0.15) is 12.8 Å². The molecule has 0 aromatic heterocycles. The van der Waals surface area contributed by atoms with E-state index in [1.165, 1.54) is 0 Å². The Hall–Kier alpha value is -1.33. The second-order valence-corrected chi connectivity index (χ2v) is 8.77. The summed E-state index contributed by atoms with van der Waals surface area (Å²) < 4.78 is 23.2. The molecule has 0 radical (unpaired) electrons. The molecule has 22 heavy (non-hydrogen) atoms. The molecule has 0 unspecified atom stereocenters. The zero-order valence-corrected chi connectivity index (χ0v) is 14.8. The molecule has 0 amide bonds. The van der Waals surface area contributed by atoms with E-state index in [0.29, 0.717) is 0 Å². The molecule has 1 aliphatic heterocycles. The summed E-state index contributed by atoms with van der Waals surface area (Å²) in [7, 11) is -0.345. The van der Waals surface area contributed by atoms with E-state index in [1.807, 2.05) is 42.5 Å². The third-order valence-corrected chi connectivity index (χ3v) is 6.85. The maximum Gasteiger partial charge on any atom is 0.133 e.